The van der Waals surface area contributed by atoms with Gasteiger partial charge in [-0.15, -0.1) is 0 Å². The van der Waals surface area contributed by atoms with Gasteiger partial charge in [0.2, 0.25) is 0 Å². The van der Waals surface area contributed by atoms with Crippen molar-refractivity contribution in [1.29, 1.82) is 0 Å². The van der Waals surface area contributed by atoms with Gasteiger partial charge >= 0.3 is 0 Å². The molecule has 0 spiro atoms. The van der Waals surface area contributed by atoms with E-state index in [4.69, 9.17) is 20.9 Å². The van der Waals surface area contributed by atoms with E-state index >= 15 is 0 Å². The molecule has 0 aliphatic rings. The summed E-state index contributed by atoms with van der Waals surface area (Å²) >= 11 is 0. The Morgan fingerprint density at radius 3 is 1.12 bits per heavy atom. The molecule has 0 aliphatic heterocycles. The number of anilines is 2. The van der Waals surface area contributed by atoms with Crippen molar-refractivity contribution in [3.8, 4) is 45.3 Å². The van der Waals surface area contributed by atoms with Crippen LogP contribution in [0.3, 0.4) is 0 Å². The second-order valence-corrected chi connectivity index (χ2v) is 7.91. The summed E-state index contributed by atoms with van der Waals surface area (Å²) < 4.78 is 12.0. The van der Waals surface area contributed by atoms with E-state index in [0.717, 1.165) is 33.8 Å². The van der Waals surface area contributed by atoms with Gasteiger partial charge in [-0.1, -0.05) is 72.8 Å². The maximum Gasteiger partial charge on any atom is 0.150 e. The number of ether oxygens (including phenoxy) is 2. The Hall–Kier alpha value is -4.70. The quantitative estimate of drug-likeness (QED) is 0.262. The first-order chi connectivity index (χ1) is 16.7. The lowest BCUT2D eigenvalue weighted by molar-refractivity contribution is 0.485. The molecule has 4 heteroatoms. The number of benzene rings is 5. The van der Waals surface area contributed by atoms with Crippen LogP contribution in [-0.2, 0) is 0 Å². The first-order valence-corrected chi connectivity index (χ1v) is 11.0. The number of hydrogen-bond donors (Lipinski definition) is 2. The van der Waals surface area contributed by atoms with Gasteiger partial charge in [-0.3, -0.25) is 0 Å². The third-order valence-corrected chi connectivity index (χ3v) is 5.52. The van der Waals surface area contributed by atoms with Crippen LogP contribution >= 0.6 is 0 Å². The fraction of sp³-hybridized carbons (Fsp3) is 0. The highest BCUT2D eigenvalue weighted by Crippen LogP contribution is 2.35. The lowest BCUT2D eigenvalue weighted by Crippen LogP contribution is -1.93. The molecule has 0 amide bonds. The first kappa shape index (κ1) is 21.2. The molecule has 0 unspecified atom stereocenters. The fourth-order valence-corrected chi connectivity index (χ4v) is 3.69. The van der Waals surface area contributed by atoms with Gasteiger partial charge in [0.15, 0.2) is 11.5 Å². The molecule has 166 valence electrons. The molecule has 5 rings (SSSR count). The Morgan fingerprint density at radius 1 is 0.382 bits per heavy atom. The van der Waals surface area contributed by atoms with Crippen molar-refractivity contribution in [2.45, 2.75) is 0 Å². The van der Waals surface area contributed by atoms with Gasteiger partial charge in [0.1, 0.15) is 11.5 Å². The Morgan fingerprint density at radius 2 is 0.735 bits per heavy atom. The van der Waals surface area contributed by atoms with Crippen LogP contribution in [-0.4, -0.2) is 0 Å². The van der Waals surface area contributed by atoms with Gasteiger partial charge in [0.25, 0.3) is 0 Å². The van der Waals surface area contributed by atoms with Crippen LogP contribution in [0.4, 0.5) is 11.4 Å². The zero-order valence-electron chi connectivity index (χ0n) is 18.5. The minimum atomic E-state index is 0.594. The number of rotatable bonds is 6. The second-order valence-electron chi connectivity index (χ2n) is 7.91. The Balaban J connectivity index is 1.39. The molecule has 34 heavy (non-hydrogen) atoms. The lowest BCUT2D eigenvalue weighted by atomic mass is 9.99. The summed E-state index contributed by atoms with van der Waals surface area (Å²) in [5, 5.41) is 0. The predicted molar refractivity (Wildman–Crippen MR) is 139 cm³/mol. The Bertz CT molecular complexity index is 1290. The van der Waals surface area contributed by atoms with E-state index in [1.165, 1.54) is 0 Å². The highest BCUT2D eigenvalue weighted by Gasteiger charge is 2.09. The van der Waals surface area contributed by atoms with E-state index in [1.807, 2.05) is 97.1 Å². The maximum atomic E-state index is 6.15. The van der Waals surface area contributed by atoms with Crippen molar-refractivity contribution in [3.63, 3.8) is 0 Å². The van der Waals surface area contributed by atoms with Gasteiger partial charge in [-0.25, -0.2) is 0 Å². The average Bonchev–Trinajstić information content (AvgIpc) is 2.88. The van der Waals surface area contributed by atoms with Gasteiger partial charge in [0, 0.05) is 0 Å². The standard InChI is InChI=1S/C30H24N2O2/c31-27-17-15-23(19-29(27)33-25-7-3-1-4-8-25)21-11-13-22(14-12-21)24-16-18-28(32)30(20-24)34-26-9-5-2-6-10-26/h1-20H,31-32H2. The zero-order valence-corrected chi connectivity index (χ0v) is 18.5. The van der Waals surface area contributed by atoms with Gasteiger partial charge in [-0.2, -0.15) is 0 Å². The van der Waals surface area contributed by atoms with Crippen molar-refractivity contribution in [2.24, 2.45) is 0 Å². The summed E-state index contributed by atoms with van der Waals surface area (Å²) in [5.74, 6) is 2.76. The van der Waals surface area contributed by atoms with Gasteiger partial charge in [0.05, 0.1) is 11.4 Å². The minimum Gasteiger partial charge on any atom is -0.455 e. The smallest absolute Gasteiger partial charge is 0.150 e. The van der Waals surface area contributed by atoms with E-state index in [-0.39, 0.29) is 0 Å². The molecule has 0 saturated heterocycles. The molecule has 0 aliphatic carbocycles. The van der Waals surface area contributed by atoms with E-state index in [2.05, 4.69) is 24.3 Å². The zero-order chi connectivity index (χ0) is 23.3. The molecule has 4 N–H and O–H groups in total. The fourth-order valence-electron chi connectivity index (χ4n) is 3.69. The molecule has 0 saturated carbocycles. The van der Waals surface area contributed by atoms with Crippen molar-refractivity contribution in [2.75, 3.05) is 11.5 Å². The number of para-hydroxylation sites is 2. The molecular weight excluding hydrogens is 420 g/mol. The van der Waals surface area contributed by atoms with E-state index in [0.29, 0.717) is 22.9 Å². The third-order valence-electron chi connectivity index (χ3n) is 5.52. The molecule has 0 atom stereocenters. The van der Waals surface area contributed by atoms with Gasteiger partial charge < -0.3 is 20.9 Å². The Labute approximate surface area is 199 Å². The number of hydrogen-bond acceptors (Lipinski definition) is 4. The summed E-state index contributed by atoms with van der Waals surface area (Å²) in [5.41, 5.74) is 17.7. The number of nitrogen functional groups attached to an aromatic ring is 2. The third kappa shape index (κ3) is 4.71. The van der Waals surface area contributed by atoms with E-state index in [1.54, 1.807) is 0 Å². The molecule has 0 fully saturated rings. The number of nitrogens with two attached hydrogens (primary N) is 2. The van der Waals surface area contributed by atoms with Crippen molar-refractivity contribution in [1.82, 2.24) is 0 Å². The van der Waals surface area contributed by atoms with Gasteiger partial charge in [-0.05, 0) is 70.8 Å². The lowest BCUT2D eigenvalue weighted by Gasteiger charge is -2.12. The van der Waals surface area contributed by atoms with Crippen molar-refractivity contribution >= 4 is 11.4 Å². The summed E-state index contributed by atoms with van der Waals surface area (Å²) in [4.78, 5) is 0. The molecule has 5 aromatic carbocycles. The highest BCUT2D eigenvalue weighted by atomic mass is 16.5. The van der Waals surface area contributed by atoms with Crippen LogP contribution in [0.2, 0.25) is 0 Å². The summed E-state index contributed by atoms with van der Waals surface area (Å²) in [7, 11) is 0. The predicted octanol–water partition coefficient (Wildman–Crippen LogP) is 7.77. The van der Waals surface area contributed by atoms with E-state index < -0.39 is 0 Å². The van der Waals surface area contributed by atoms with E-state index in [9.17, 15) is 0 Å². The Kier molecular flexibility index (Phi) is 5.87. The summed E-state index contributed by atoms with van der Waals surface area (Å²) in [6, 6.07) is 39.3. The SMILES string of the molecule is Nc1ccc(-c2ccc(-c3ccc(N)c(Oc4ccccc4)c3)cc2)cc1Oc1ccccc1. The minimum absolute atomic E-state index is 0.594. The van der Waals surface area contributed by atoms with Crippen molar-refractivity contribution < 1.29 is 9.47 Å². The molecule has 4 nitrogen and oxygen atoms in total. The highest BCUT2D eigenvalue weighted by molar-refractivity contribution is 5.75. The monoisotopic (exact) mass is 444 g/mol. The topological polar surface area (TPSA) is 70.5 Å². The van der Waals surface area contributed by atoms with Crippen LogP contribution < -0.4 is 20.9 Å². The van der Waals surface area contributed by atoms with Crippen LogP contribution in [0.1, 0.15) is 0 Å². The maximum absolute atomic E-state index is 6.15. The van der Waals surface area contributed by atoms with Crippen LogP contribution in [0.25, 0.3) is 22.3 Å². The van der Waals surface area contributed by atoms with Crippen LogP contribution in [0.15, 0.2) is 121 Å². The molecule has 0 aromatic heterocycles. The van der Waals surface area contributed by atoms with Crippen LogP contribution in [0.5, 0.6) is 23.0 Å². The summed E-state index contributed by atoms with van der Waals surface area (Å²) in [6.07, 6.45) is 0. The molecule has 0 radical (unpaired) electrons. The molecule has 5 aromatic rings. The molecular formula is C30H24N2O2. The summed E-state index contributed by atoms with van der Waals surface area (Å²) in [6.45, 7) is 0. The average molecular weight is 445 g/mol. The largest absolute Gasteiger partial charge is 0.455 e. The van der Waals surface area contributed by atoms with Crippen molar-refractivity contribution in [3.05, 3.63) is 121 Å². The second kappa shape index (κ2) is 9.43. The molecule has 0 bridgehead atoms. The molecule has 0 heterocycles. The van der Waals surface area contributed by atoms with Crippen LogP contribution in [0, 0.1) is 0 Å². The first-order valence-electron chi connectivity index (χ1n) is 11.0. The normalized spacial score (nSPS) is 10.6.